The zero-order valence-corrected chi connectivity index (χ0v) is 12.3. The second-order valence-corrected chi connectivity index (χ2v) is 2.66. The molecule has 0 saturated carbocycles. The van der Waals surface area contributed by atoms with E-state index < -0.39 is 0 Å². The van der Waals surface area contributed by atoms with Gasteiger partial charge >= 0.3 is 0 Å². The molecule has 0 nitrogen and oxygen atoms in total. The standard InChI is InChI=1S/C11H20.2C2H6/c1-5-9-11(8-4)10(6-2)7-3;2*1-2/h6,9H,5,7-8H2,1-4H3;2*1-2H3/b10-6-,11-9-;;. The minimum absolute atomic E-state index is 1.15. The van der Waals surface area contributed by atoms with Gasteiger partial charge < -0.3 is 0 Å². The van der Waals surface area contributed by atoms with Gasteiger partial charge in [0, 0.05) is 0 Å². The van der Waals surface area contributed by atoms with E-state index in [0.29, 0.717) is 0 Å². The maximum atomic E-state index is 2.33. The average molecular weight is 212 g/mol. The second kappa shape index (κ2) is 19.1. The van der Waals surface area contributed by atoms with Crippen LogP contribution in [0.1, 0.15) is 74.7 Å². The molecule has 0 amide bonds. The quantitative estimate of drug-likeness (QED) is 0.491. The van der Waals surface area contributed by atoms with Crippen molar-refractivity contribution < 1.29 is 0 Å². The fourth-order valence-corrected chi connectivity index (χ4v) is 1.37. The number of allylic oxidation sites excluding steroid dienone is 4. The first-order valence-electron chi connectivity index (χ1n) is 6.64. The highest BCUT2D eigenvalue weighted by atomic mass is 14.0. The molecule has 15 heavy (non-hydrogen) atoms. The van der Waals surface area contributed by atoms with Crippen molar-refractivity contribution in [2.75, 3.05) is 0 Å². The molecule has 0 aliphatic heterocycles. The summed E-state index contributed by atoms with van der Waals surface area (Å²) >= 11 is 0. The van der Waals surface area contributed by atoms with E-state index in [2.05, 4.69) is 39.8 Å². The van der Waals surface area contributed by atoms with Gasteiger partial charge in [0.25, 0.3) is 0 Å². The van der Waals surface area contributed by atoms with Gasteiger partial charge in [-0.2, -0.15) is 0 Å². The average Bonchev–Trinajstić information content (AvgIpc) is 2.34. The molecule has 0 fully saturated rings. The zero-order chi connectivity index (χ0) is 12.7. The number of hydrogen-bond donors (Lipinski definition) is 0. The Morgan fingerprint density at radius 2 is 1.20 bits per heavy atom. The second-order valence-electron chi connectivity index (χ2n) is 2.66. The minimum atomic E-state index is 1.15. The molecule has 0 atom stereocenters. The van der Waals surface area contributed by atoms with Crippen molar-refractivity contribution in [2.45, 2.75) is 74.7 Å². The molecule has 0 spiro atoms. The smallest absolute Gasteiger partial charge is 0.0308 e. The fraction of sp³-hybridized carbons (Fsp3) is 0.733. The lowest BCUT2D eigenvalue weighted by molar-refractivity contribution is 0.999. The van der Waals surface area contributed by atoms with Gasteiger partial charge in [0.1, 0.15) is 0 Å². The highest BCUT2D eigenvalue weighted by Gasteiger charge is 1.97. The Morgan fingerprint density at radius 1 is 0.800 bits per heavy atom. The molecule has 92 valence electrons. The highest BCUT2D eigenvalue weighted by molar-refractivity contribution is 5.29. The van der Waals surface area contributed by atoms with Crippen LogP contribution in [0.4, 0.5) is 0 Å². The van der Waals surface area contributed by atoms with Crippen LogP contribution in [0.15, 0.2) is 23.3 Å². The van der Waals surface area contributed by atoms with Gasteiger partial charge in [-0.3, -0.25) is 0 Å². The fourth-order valence-electron chi connectivity index (χ4n) is 1.37. The van der Waals surface area contributed by atoms with Crippen LogP contribution in [0.3, 0.4) is 0 Å². The van der Waals surface area contributed by atoms with E-state index in [4.69, 9.17) is 0 Å². The first kappa shape index (κ1) is 20.0. The monoisotopic (exact) mass is 212 g/mol. The van der Waals surface area contributed by atoms with Crippen molar-refractivity contribution >= 4 is 0 Å². The summed E-state index contributed by atoms with van der Waals surface area (Å²) in [5, 5.41) is 0. The molecule has 0 aromatic heterocycles. The van der Waals surface area contributed by atoms with Crippen molar-refractivity contribution in [1.29, 1.82) is 0 Å². The topological polar surface area (TPSA) is 0 Å². The van der Waals surface area contributed by atoms with Gasteiger partial charge in [0.05, 0.1) is 0 Å². The van der Waals surface area contributed by atoms with Gasteiger partial charge in [0.15, 0.2) is 0 Å². The summed E-state index contributed by atoms with van der Waals surface area (Å²) in [4.78, 5) is 0. The lowest BCUT2D eigenvalue weighted by Crippen LogP contribution is -1.86. The Kier molecular flexibility index (Phi) is 25.4. The molecule has 0 aromatic carbocycles. The van der Waals surface area contributed by atoms with Crippen LogP contribution >= 0.6 is 0 Å². The van der Waals surface area contributed by atoms with Crippen molar-refractivity contribution in [3.8, 4) is 0 Å². The van der Waals surface area contributed by atoms with E-state index in [1.54, 1.807) is 0 Å². The maximum Gasteiger partial charge on any atom is -0.0308 e. The van der Waals surface area contributed by atoms with Crippen LogP contribution in [0, 0.1) is 0 Å². The van der Waals surface area contributed by atoms with E-state index in [-0.39, 0.29) is 0 Å². The molecule has 0 aliphatic carbocycles. The molecule has 0 aliphatic rings. The van der Waals surface area contributed by atoms with E-state index in [1.165, 1.54) is 17.6 Å². The van der Waals surface area contributed by atoms with Gasteiger partial charge in [-0.25, -0.2) is 0 Å². The Bertz CT molecular complexity index is 149. The van der Waals surface area contributed by atoms with Crippen LogP contribution in [-0.2, 0) is 0 Å². The van der Waals surface area contributed by atoms with Crippen LogP contribution in [-0.4, -0.2) is 0 Å². The molecule has 0 bridgehead atoms. The molecule has 0 N–H and O–H groups in total. The van der Waals surface area contributed by atoms with Crippen molar-refractivity contribution in [1.82, 2.24) is 0 Å². The van der Waals surface area contributed by atoms with Crippen LogP contribution in [0.25, 0.3) is 0 Å². The first-order chi connectivity index (χ1) is 7.29. The highest BCUT2D eigenvalue weighted by Crippen LogP contribution is 2.17. The molecule has 0 aromatic rings. The molecule has 0 radical (unpaired) electrons. The summed E-state index contributed by atoms with van der Waals surface area (Å²) in [7, 11) is 0. The van der Waals surface area contributed by atoms with Crippen LogP contribution in [0.2, 0.25) is 0 Å². The van der Waals surface area contributed by atoms with E-state index in [1.807, 2.05) is 27.7 Å². The summed E-state index contributed by atoms with van der Waals surface area (Å²) in [6.45, 7) is 16.8. The predicted octanol–water partition coefficient (Wildman–Crippen LogP) is 6.14. The Hall–Kier alpha value is -0.520. The summed E-state index contributed by atoms with van der Waals surface area (Å²) in [6, 6.07) is 0. The van der Waals surface area contributed by atoms with Gasteiger partial charge in [0.2, 0.25) is 0 Å². The largest absolute Gasteiger partial charge is 0.0842 e. The van der Waals surface area contributed by atoms with Gasteiger partial charge in [-0.15, -0.1) is 0 Å². The molecular weight excluding hydrogens is 180 g/mol. The normalized spacial score (nSPS) is 10.9. The first-order valence-corrected chi connectivity index (χ1v) is 6.64. The summed E-state index contributed by atoms with van der Waals surface area (Å²) in [6.07, 6.45) is 8.04. The molecular formula is C15H32. The lowest BCUT2D eigenvalue weighted by Gasteiger charge is -2.06. The number of rotatable bonds is 4. The lowest BCUT2D eigenvalue weighted by atomic mass is 10.0. The Labute approximate surface area is 98.5 Å². The predicted molar refractivity (Wildman–Crippen MR) is 75.4 cm³/mol. The summed E-state index contributed by atoms with van der Waals surface area (Å²) in [5.74, 6) is 0. The van der Waals surface area contributed by atoms with Crippen molar-refractivity contribution in [3.63, 3.8) is 0 Å². The zero-order valence-electron chi connectivity index (χ0n) is 12.3. The molecule has 0 heteroatoms. The van der Waals surface area contributed by atoms with Gasteiger partial charge in [-0.1, -0.05) is 60.6 Å². The summed E-state index contributed by atoms with van der Waals surface area (Å²) < 4.78 is 0. The van der Waals surface area contributed by atoms with Gasteiger partial charge in [-0.05, 0) is 37.3 Å². The summed E-state index contributed by atoms with van der Waals surface area (Å²) in [5.41, 5.74) is 3.03. The van der Waals surface area contributed by atoms with E-state index in [0.717, 1.165) is 12.8 Å². The van der Waals surface area contributed by atoms with Crippen molar-refractivity contribution in [3.05, 3.63) is 23.3 Å². The van der Waals surface area contributed by atoms with Crippen LogP contribution in [0.5, 0.6) is 0 Å². The molecule has 0 heterocycles. The molecule has 0 saturated heterocycles. The Morgan fingerprint density at radius 3 is 1.40 bits per heavy atom. The third kappa shape index (κ3) is 11.4. The van der Waals surface area contributed by atoms with E-state index >= 15 is 0 Å². The SMILES string of the molecule is C/C=C(CC)\C(=C/CC)CC.CC.CC. The van der Waals surface area contributed by atoms with E-state index in [9.17, 15) is 0 Å². The van der Waals surface area contributed by atoms with Crippen molar-refractivity contribution in [2.24, 2.45) is 0 Å². The number of hydrogen-bond acceptors (Lipinski definition) is 0. The molecule has 0 unspecified atom stereocenters. The maximum absolute atomic E-state index is 2.33. The third-order valence-corrected chi connectivity index (χ3v) is 1.97. The molecule has 0 rings (SSSR count). The Balaban J connectivity index is -0.000000318. The third-order valence-electron chi connectivity index (χ3n) is 1.97. The minimum Gasteiger partial charge on any atom is -0.0842 e. The van der Waals surface area contributed by atoms with Crippen LogP contribution < -0.4 is 0 Å².